The second-order valence-corrected chi connectivity index (χ2v) is 2.97. The smallest absolute Gasteiger partial charge is 0.213 e. The van der Waals surface area contributed by atoms with Gasteiger partial charge in [-0.1, -0.05) is 0 Å². The van der Waals surface area contributed by atoms with E-state index in [0.717, 1.165) is 5.82 Å². The van der Waals surface area contributed by atoms with Crippen molar-refractivity contribution in [2.45, 2.75) is 0 Å². The highest BCUT2D eigenvalue weighted by Gasteiger charge is 2.26. The van der Waals surface area contributed by atoms with Crippen molar-refractivity contribution in [3.63, 3.8) is 0 Å². The van der Waals surface area contributed by atoms with Crippen LogP contribution in [0.1, 0.15) is 16.1 Å². The van der Waals surface area contributed by atoms with Gasteiger partial charge >= 0.3 is 0 Å². The molecule has 1 aliphatic rings. The summed E-state index contributed by atoms with van der Waals surface area (Å²) in [5.41, 5.74) is 1.40. The Morgan fingerprint density at radius 2 is 2.15 bits per heavy atom. The first-order chi connectivity index (χ1) is 6.38. The van der Waals surface area contributed by atoms with Crippen molar-refractivity contribution in [1.82, 2.24) is 9.55 Å². The van der Waals surface area contributed by atoms with Crippen LogP contribution >= 0.6 is 0 Å². The summed E-state index contributed by atoms with van der Waals surface area (Å²) in [7, 11) is 0. The molecule has 3 heteroatoms. The van der Waals surface area contributed by atoms with Gasteiger partial charge in [0.25, 0.3) is 0 Å². The van der Waals surface area contributed by atoms with Crippen molar-refractivity contribution in [2.24, 2.45) is 0 Å². The van der Waals surface area contributed by atoms with E-state index in [1.54, 1.807) is 18.3 Å². The van der Waals surface area contributed by atoms with Crippen LogP contribution in [0.15, 0.2) is 36.7 Å². The molecule has 0 unspecified atom stereocenters. The van der Waals surface area contributed by atoms with Gasteiger partial charge < -0.3 is 0 Å². The quantitative estimate of drug-likeness (QED) is 0.511. The van der Waals surface area contributed by atoms with Gasteiger partial charge in [0.2, 0.25) is 5.78 Å². The van der Waals surface area contributed by atoms with E-state index in [1.807, 2.05) is 22.9 Å². The van der Waals surface area contributed by atoms with Crippen LogP contribution in [0.3, 0.4) is 0 Å². The molecular formula is C10H6N2O. The van der Waals surface area contributed by atoms with E-state index < -0.39 is 0 Å². The highest BCUT2D eigenvalue weighted by molar-refractivity contribution is 6.13. The summed E-state index contributed by atoms with van der Waals surface area (Å²) >= 11 is 0. The molecule has 2 aromatic heterocycles. The number of ketones is 1. The molecule has 3 heterocycles. The molecule has 0 radical (unpaired) electrons. The molecule has 0 atom stereocenters. The summed E-state index contributed by atoms with van der Waals surface area (Å²) < 4.78 is 1.82. The first-order valence-corrected chi connectivity index (χ1v) is 4.05. The fourth-order valence-electron chi connectivity index (χ4n) is 1.65. The normalized spacial score (nSPS) is 12.8. The van der Waals surface area contributed by atoms with Crippen molar-refractivity contribution in [2.75, 3.05) is 0 Å². The summed E-state index contributed by atoms with van der Waals surface area (Å²) in [4.78, 5) is 15.9. The number of pyridine rings is 1. The first kappa shape index (κ1) is 6.60. The summed E-state index contributed by atoms with van der Waals surface area (Å²) in [6.45, 7) is 0. The number of rotatable bonds is 0. The van der Waals surface area contributed by atoms with Gasteiger partial charge in [-0.15, -0.1) is 0 Å². The number of carbonyl (C=O) groups excluding carboxylic acids is 1. The number of nitrogens with zero attached hydrogens (tertiary/aromatic N) is 2. The van der Waals surface area contributed by atoms with E-state index >= 15 is 0 Å². The third kappa shape index (κ3) is 0.685. The first-order valence-electron chi connectivity index (χ1n) is 4.05. The molecule has 0 N–H and O–H groups in total. The van der Waals surface area contributed by atoms with Crippen molar-refractivity contribution >= 4 is 5.78 Å². The zero-order valence-electron chi connectivity index (χ0n) is 6.77. The lowest BCUT2D eigenvalue weighted by Gasteiger charge is -1.96. The van der Waals surface area contributed by atoms with Crippen LogP contribution in [-0.4, -0.2) is 15.3 Å². The fraction of sp³-hybridized carbons (Fsp3) is 0. The third-order valence-corrected chi connectivity index (χ3v) is 2.24. The van der Waals surface area contributed by atoms with Gasteiger partial charge in [0, 0.05) is 12.4 Å². The Morgan fingerprint density at radius 1 is 1.23 bits per heavy atom. The summed E-state index contributed by atoms with van der Waals surface area (Å²) in [6.07, 6.45) is 3.55. The zero-order chi connectivity index (χ0) is 8.84. The summed E-state index contributed by atoms with van der Waals surface area (Å²) in [5, 5.41) is 0. The van der Waals surface area contributed by atoms with E-state index in [0.29, 0.717) is 11.3 Å². The monoisotopic (exact) mass is 170 g/mol. The van der Waals surface area contributed by atoms with Crippen LogP contribution in [0, 0.1) is 0 Å². The van der Waals surface area contributed by atoms with E-state index in [9.17, 15) is 4.79 Å². The standard InChI is InChI=1S/C10H6N2O/c13-9-7-3-1-5-11-10(7)12-6-2-4-8(9)12/h1-6H. The van der Waals surface area contributed by atoms with E-state index in [2.05, 4.69) is 4.98 Å². The Kier molecular flexibility index (Phi) is 1.05. The average Bonchev–Trinajstić information content (AvgIpc) is 2.72. The summed E-state index contributed by atoms with van der Waals surface area (Å²) in [6, 6.07) is 7.25. The molecule has 0 bridgehead atoms. The Balaban J connectivity index is 2.43. The Labute approximate surface area is 74.6 Å². The van der Waals surface area contributed by atoms with Crippen LogP contribution in [0.5, 0.6) is 0 Å². The third-order valence-electron chi connectivity index (χ3n) is 2.24. The van der Waals surface area contributed by atoms with Crippen LogP contribution in [0.25, 0.3) is 5.82 Å². The lowest BCUT2D eigenvalue weighted by molar-refractivity contribution is 0.104. The minimum atomic E-state index is 0.0631. The second-order valence-electron chi connectivity index (χ2n) is 2.97. The number of fused-ring (bicyclic) bond motifs is 3. The molecule has 0 saturated carbocycles. The molecule has 0 aliphatic carbocycles. The van der Waals surface area contributed by atoms with E-state index in [4.69, 9.17) is 0 Å². The molecule has 2 aromatic rings. The lowest BCUT2D eigenvalue weighted by Crippen LogP contribution is -1.93. The molecule has 0 spiro atoms. The van der Waals surface area contributed by atoms with Gasteiger partial charge in [-0.05, 0) is 24.3 Å². The topological polar surface area (TPSA) is 34.9 Å². The average molecular weight is 170 g/mol. The van der Waals surface area contributed by atoms with Gasteiger partial charge in [0.05, 0.1) is 11.3 Å². The van der Waals surface area contributed by atoms with Gasteiger partial charge in [0.1, 0.15) is 5.82 Å². The van der Waals surface area contributed by atoms with Crippen LogP contribution in [-0.2, 0) is 0 Å². The maximum Gasteiger partial charge on any atom is 0.213 e. The molecule has 0 fully saturated rings. The molecular weight excluding hydrogens is 164 g/mol. The minimum absolute atomic E-state index is 0.0631. The number of carbonyl (C=O) groups is 1. The van der Waals surface area contributed by atoms with E-state index in [-0.39, 0.29) is 5.78 Å². The highest BCUT2D eigenvalue weighted by Crippen LogP contribution is 2.25. The van der Waals surface area contributed by atoms with Crippen molar-refractivity contribution in [3.8, 4) is 5.82 Å². The van der Waals surface area contributed by atoms with Crippen molar-refractivity contribution in [1.29, 1.82) is 0 Å². The van der Waals surface area contributed by atoms with Crippen LogP contribution < -0.4 is 0 Å². The van der Waals surface area contributed by atoms with Gasteiger partial charge in [-0.25, -0.2) is 4.98 Å². The molecule has 0 aromatic carbocycles. The van der Waals surface area contributed by atoms with E-state index in [1.165, 1.54) is 0 Å². The van der Waals surface area contributed by atoms with Crippen molar-refractivity contribution in [3.05, 3.63) is 47.9 Å². The number of aromatic nitrogens is 2. The maximum atomic E-state index is 11.7. The predicted octanol–water partition coefficient (Wildman–Crippen LogP) is 1.42. The Hall–Kier alpha value is -1.90. The zero-order valence-corrected chi connectivity index (χ0v) is 6.77. The molecule has 13 heavy (non-hydrogen) atoms. The van der Waals surface area contributed by atoms with Gasteiger partial charge in [0.15, 0.2) is 0 Å². The summed E-state index contributed by atoms with van der Waals surface area (Å²) in [5.74, 6) is 0.806. The maximum absolute atomic E-state index is 11.7. The predicted molar refractivity (Wildman–Crippen MR) is 47.0 cm³/mol. The molecule has 0 saturated heterocycles. The molecule has 3 nitrogen and oxygen atoms in total. The minimum Gasteiger partial charge on any atom is -0.297 e. The number of hydrogen-bond acceptors (Lipinski definition) is 2. The van der Waals surface area contributed by atoms with Crippen molar-refractivity contribution < 1.29 is 4.79 Å². The second kappa shape index (κ2) is 2.07. The highest BCUT2D eigenvalue weighted by atomic mass is 16.1. The largest absolute Gasteiger partial charge is 0.297 e. The molecule has 0 amide bonds. The fourth-order valence-corrected chi connectivity index (χ4v) is 1.65. The Bertz CT molecular complexity index is 499. The number of hydrogen-bond donors (Lipinski definition) is 0. The molecule has 62 valence electrons. The molecule has 1 aliphatic heterocycles. The lowest BCUT2D eigenvalue weighted by atomic mass is 10.2. The van der Waals surface area contributed by atoms with Gasteiger partial charge in [-0.2, -0.15) is 0 Å². The van der Waals surface area contributed by atoms with Gasteiger partial charge in [-0.3, -0.25) is 9.36 Å². The van der Waals surface area contributed by atoms with Crippen LogP contribution in [0.4, 0.5) is 0 Å². The Morgan fingerprint density at radius 3 is 3.08 bits per heavy atom. The molecule has 3 rings (SSSR count). The van der Waals surface area contributed by atoms with Crippen LogP contribution in [0.2, 0.25) is 0 Å². The SMILES string of the molecule is O=C1c2cccnc2-n2cccc21.